The number of nitrogens with zero attached hydrogens (tertiary/aromatic N) is 2. The van der Waals surface area contributed by atoms with E-state index in [1.807, 2.05) is 0 Å². The van der Waals surface area contributed by atoms with Gasteiger partial charge < -0.3 is 14.5 Å². The van der Waals surface area contributed by atoms with E-state index in [2.05, 4.69) is 10.4 Å². The summed E-state index contributed by atoms with van der Waals surface area (Å²) in [6, 6.07) is 4.74. The molecule has 0 unspecified atom stereocenters. The van der Waals surface area contributed by atoms with Gasteiger partial charge in [-0.05, 0) is 45.9 Å². The Bertz CT molecular complexity index is 1010. The molecule has 0 fully saturated rings. The zero-order valence-corrected chi connectivity index (χ0v) is 15.4. The van der Waals surface area contributed by atoms with Crippen LogP contribution in [0, 0.1) is 39.3 Å². The monoisotopic (exact) mass is 375 g/mol. The highest BCUT2D eigenvalue weighted by molar-refractivity contribution is 6.05. The first-order valence-electron chi connectivity index (χ1n) is 8.26. The van der Waals surface area contributed by atoms with Gasteiger partial charge in [0.2, 0.25) is 0 Å². The highest BCUT2D eigenvalue weighted by atomic mass is 19.1. The molecule has 6 nitrogen and oxygen atoms in total. The summed E-state index contributed by atoms with van der Waals surface area (Å²) in [4.78, 5) is 12.5. The van der Waals surface area contributed by atoms with Crippen LogP contribution in [-0.4, -0.2) is 15.7 Å². The second-order valence-corrected chi connectivity index (χ2v) is 6.17. The van der Waals surface area contributed by atoms with Gasteiger partial charge in [0.25, 0.3) is 5.91 Å². The SMILES string of the molecule is Cc1cc(C(=O)Nc2c(C)nn(COc3ccc(F)cc3F)c2C)c(C)o1. The van der Waals surface area contributed by atoms with Crippen LogP contribution in [0.2, 0.25) is 0 Å². The van der Waals surface area contributed by atoms with E-state index in [1.54, 1.807) is 33.8 Å². The van der Waals surface area contributed by atoms with Crippen LogP contribution < -0.4 is 10.1 Å². The molecule has 1 amide bonds. The van der Waals surface area contributed by atoms with Gasteiger partial charge in [0.15, 0.2) is 18.3 Å². The minimum absolute atomic E-state index is 0.0842. The van der Waals surface area contributed by atoms with Crippen LogP contribution in [0.25, 0.3) is 0 Å². The van der Waals surface area contributed by atoms with E-state index < -0.39 is 11.6 Å². The van der Waals surface area contributed by atoms with Crippen LogP contribution in [0.5, 0.6) is 5.75 Å². The van der Waals surface area contributed by atoms with Gasteiger partial charge in [0, 0.05) is 6.07 Å². The summed E-state index contributed by atoms with van der Waals surface area (Å²) in [6.07, 6.45) is 0. The number of aromatic nitrogens is 2. The van der Waals surface area contributed by atoms with Crippen molar-refractivity contribution in [3.8, 4) is 5.75 Å². The Morgan fingerprint density at radius 1 is 1.22 bits per heavy atom. The van der Waals surface area contributed by atoms with Gasteiger partial charge in [-0.15, -0.1) is 0 Å². The quantitative estimate of drug-likeness (QED) is 0.723. The second kappa shape index (κ2) is 7.22. The van der Waals surface area contributed by atoms with Gasteiger partial charge in [-0.3, -0.25) is 4.79 Å². The molecule has 1 N–H and O–H groups in total. The van der Waals surface area contributed by atoms with Crippen molar-refractivity contribution in [1.82, 2.24) is 9.78 Å². The predicted octanol–water partition coefficient (Wildman–Crippen LogP) is 4.28. The highest BCUT2D eigenvalue weighted by Gasteiger charge is 2.19. The number of carbonyl (C=O) groups is 1. The van der Waals surface area contributed by atoms with Crippen LogP contribution in [0.1, 0.15) is 33.3 Å². The first-order valence-corrected chi connectivity index (χ1v) is 8.26. The summed E-state index contributed by atoms with van der Waals surface area (Å²) in [7, 11) is 0. The number of rotatable bonds is 5. The summed E-state index contributed by atoms with van der Waals surface area (Å²) in [6.45, 7) is 6.90. The minimum atomic E-state index is -0.795. The molecule has 0 radical (unpaired) electrons. The molecule has 0 aliphatic carbocycles. The number of hydrogen-bond acceptors (Lipinski definition) is 4. The number of aryl methyl sites for hydroxylation is 3. The summed E-state index contributed by atoms with van der Waals surface area (Å²) < 4.78 is 38.9. The summed E-state index contributed by atoms with van der Waals surface area (Å²) in [5.74, 6) is -0.685. The number of benzene rings is 1. The molecule has 3 aromatic rings. The number of furan rings is 1. The zero-order chi connectivity index (χ0) is 19.7. The molecule has 0 aliphatic rings. The molecule has 1 aromatic carbocycles. The maximum atomic E-state index is 13.7. The first kappa shape index (κ1) is 18.6. The largest absolute Gasteiger partial charge is 0.468 e. The van der Waals surface area contributed by atoms with Crippen molar-refractivity contribution in [2.75, 3.05) is 5.32 Å². The molecule has 8 heteroatoms. The number of anilines is 1. The fraction of sp³-hybridized carbons (Fsp3) is 0.263. The number of amides is 1. The average molecular weight is 375 g/mol. The van der Waals surface area contributed by atoms with Crippen molar-refractivity contribution in [3.63, 3.8) is 0 Å². The van der Waals surface area contributed by atoms with Gasteiger partial charge >= 0.3 is 0 Å². The van der Waals surface area contributed by atoms with Crippen LogP contribution in [0.3, 0.4) is 0 Å². The Labute approximate surface area is 154 Å². The molecule has 142 valence electrons. The highest BCUT2D eigenvalue weighted by Crippen LogP contribution is 2.23. The fourth-order valence-electron chi connectivity index (χ4n) is 2.76. The van der Waals surface area contributed by atoms with E-state index >= 15 is 0 Å². The maximum Gasteiger partial charge on any atom is 0.259 e. The number of halogens is 2. The van der Waals surface area contributed by atoms with E-state index in [9.17, 15) is 13.6 Å². The molecule has 2 heterocycles. The van der Waals surface area contributed by atoms with Crippen LogP contribution in [0.15, 0.2) is 28.7 Å². The molecule has 0 aliphatic heterocycles. The number of hydrogen-bond donors (Lipinski definition) is 1. The maximum absolute atomic E-state index is 13.7. The third-order valence-corrected chi connectivity index (χ3v) is 4.14. The molecular weight excluding hydrogens is 356 g/mol. The van der Waals surface area contributed by atoms with Gasteiger partial charge in [0.1, 0.15) is 17.3 Å². The van der Waals surface area contributed by atoms with Crippen molar-refractivity contribution in [2.45, 2.75) is 34.4 Å². The number of carbonyl (C=O) groups excluding carboxylic acids is 1. The fourth-order valence-corrected chi connectivity index (χ4v) is 2.76. The van der Waals surface area contributed by atoms with Crippen LogP contribution >= 0.6 is 0 Å². The Balaban J connectivity index is 1.76. The summed E-state index contributed by atoms with van der Waals surface area (Å²) in [5, 5.41) is 7.13. The van der Waals surface area contributed by atoms with Gasteiger partial charge in [-0.2, -0.15) is 5.10 Å². The van der Waals surface area contributed by atoms with E-state index in [0.717, 1.165) is 12.1 Å². The molecular formula is C19H19F2N3O3. The van der Waals surface area contributed by atoms with Crippen LogP contribution in [-0.2, 0) is 6.73 Å². The normalized spacial score (nSPS) is 10.9. The van der Waals surface area contributed by atoms with E-state index in [4.69, 9.17) is 9.15 Å². The Morgan fingerprint density at radius 3 is 2.59 bits per heavy atom. The van der Waals surface area contributed by atoms with Crippen LogP contribution in [0.4, 0.5) is 14.5 Å². The van der Waals surface area contributed by atoms with Gasteiger partial charge in [-0.25, -0.2) is 13.5 Å². The van der Waals surface area contributed by atoms with E-state index in [-0.39, 0.29) is 18.4 Å². The lowest BCUT2D eigenvalue weighted by molar-refractivity contribution is 0.102. The lowest BCUT2D eigenvalue weighted by atomic mass is 10.2. The second-order valence-electron chi connectivity index (χ2n) is 6.17. The smallest absolute Gasteiger partial charge is 0.259 e. The molecule has 2 aromatic heterocycles. The van der Waals surface area contributed by atoms with E-state index in [1.165, 1.54) is 10.7 Å². The standard InChI is InChI=1S/C19H19F2N3O3/c1-10-7-15(13(4)27-10)19(25)22-18-11(2)23-24(12(18)3)9-26-17-6-5-14(20)8-16(17)21/h5-8H,9H2,1-4H3,(H,22,25). The Kier molecular flexibility index (Phi) is 4.98. The Morgan fingerprint density at radius 2 is 1.96 bits per heavy atom. The predicted molar refractivity (Wildman–Crippen MR) is 94.8 cm³/mol. The molecule has 27 heavy (non-hydrogen) atoms. The zero-order valence-electron chi connectivity index (χ0n) is 15.4. The number of ether oxygens (including phenoxy) is 1. The third-order valence-electron chi connectivity index (χ3n) is 4.14. The topological polar surface area (TPSA) is 69.3 Å². The summed E-state index contributed by atoms with van der Waals surface area (Å²) in [5.41, 5.74) is 2.22. The van der Waals surface area contributed by atoms with Crippen molar-refractivity contribution >= 4 is 11.6 Å². The van der Waals surface area contributed by atoms with E-state index in [0.29, 0.717) is 34.2 Å². The average Bonchev–Trinajstić information content (AvgIpc) is 3.07. The minimum Gasteiger partial charge on any atom is -0.468 e. The number of nitrogens with one attached hydrogen (secondary N) is 1. The molecule has 3 rings (SSSR count). The Hall–Kier alpha value is -3.16. The van der Waals surface area contributed by atoms with Crippen molar-refractivity contribution in [2.24, 2.45) is 0 Å². The van der Waals surface area contributed by atoms with Gasteiger partial charge in [0.05, 0.1) is 22.6 Å². The molecule has 0 saturated carbocycles. The lowest BCUT2D eigenvalue weighted by Crippen LogP contribution is -2.14. The molecule has 0 spiro atoms. The van der Waals surface area contributed by atoms with Crippen molar-refractivity contribution < 1.29 is 22.7 Å². The lowest BCUT2D eigenvalue weighted by Gasteiger charge is -2.09. The molecule has 0 atom stereocenters. The third kappa shape index (κ3) is 3.84. The van der Waals surface area contributed by atoms with Gasteiger partial charge in [-0.1, -0.05) is 0 Å². The first-order chi connectivity index (χ1) is 12.8. The molecule has 0 saturated heterocycles. The summed E-state index contributed by atoms with van der Waals surface area (Å²) >= 11 is 0. The van der Waals surface area contributed by atoms with Crippen molar-refractivity contribution in [3.05, 3.63) is 64.4 Å². The molecule has 0 bridgehead atoms. The van der Waals surface area contributed by atoms with Crippen molar-refractivity contribution in [1.29, 1.82) is 0 Å².